The SMILES string of the molecule is CCCCCCCCCCCCCCC(CC)OC(=O)CCC(=O)O. The average molecular weight is 357 g/mol. The predicted molar refractivity (Wildman–Crippen MR) is 103 cm³/mol. The lowest BCUT2D eigenvalue weighted by Gasteiger charge is -2.15. The Morgan fingerprint density at radius 3 is 1.68 bits per heavy atom. The summed E-state index contributed by atoms with van der Waals surface area (Å²) in [5.41, 5.74) is 0. The number of aliphatic carboxylic acids is 1. The third-order valence-electron chi connectivity index (χ3n) is 4.68. The molecule has 0 aromatic carbocycles. The number of unbranched alkanes of at least 4 members (excludes halogenated alkanes) is 11. The molecule has 0 radical (unpaired) electrons. The summed E-state index contributed by atoms with van der Waals surface area (Å²) in [5.74, 6) is -1.33. The maximum atomic E-state index is 11.5. The number of carboxylic acid groups (broad SMARTS) is 1. The summed E-state index contributed by atoms with van der Waals surface area (Å²) in [6.45, 7) is 4.27. The van der Waals surface area contributed by atoms with E-state index < -0.39 is 5.97 Å². The predicted octanol–water partition coefficient (Wildman–Crippen LogP) is 6.26. The molecule has 0 fully saturated rings. The first-order chi connectivity index (χ1) is 12.1. The maximum Gasteiger partial charge on any atom is 0.306 e. The highest BCUT2D eigenvalue weighted by Gasteiger charge is 2.13. The van der Waals surface area contributed by atoms with Crippen LogP contribution < -0.4 is 0 Å². The monoisotopic (exact) mass is 356 g/mol. The first-order valence-corrected chi connectivity index (χ1v) is 10.5. The number of carboxylic acids is 1. The molecular formula is C21H40O4. The third-order valence-corrected chi connectivity index (χ3v) is 4.68. The van der Waals surface area contributed by atoms with E-state index in [0.717, 1.165) is 19.3 Å². The van der Waals surface area contributed by atoms with Gasteiger partial charge in [0.05, 0.1) is 12.8 Å². The molecule has 0 bridgehead atoms. The second-order valence-corrected chi connectivity index (χ2v) is 7.09. The van der Waals surface area contributed by atoms with E-state index in [-0.39, 0.29) is 24.9 Å². The van der Waals surface area contributed by atoms with E-state index in [1.165, 1.54) is 70.6 Å². The molecule has 0 aliphatic rings. The van der Waals surface area contributed by atoms with E-state index in [4.69, 9.17) is 9.84 Å². The van der Waals surface area contributed by atoms with Crippen molar-refractivity contribution in [3.05, 3.63) is 0 Å². The maximum absolute atomic E-state index is 11.5. The van der Waals surface area contributed by atoms with Crippen molar-refractivity contribution in [2.75, 3.05) is 0 Å². The molecule has 148 valence electrons. The molecule has 0 saturated heterocycles. The van der Waals surface area contributed by atoms with E-state index in [9.17, 15) is 9.59 Å². The van der Waals surface area contributed by atoms with Crippen LogP contribution in [0.5, 0.6) is 0 Å². The van der Waals surface area contributed by atoms with Gasteiger partial charge in [-0.05, 0) is 19.3 Å². The van der Waals surface area contributed by atoms with Gasteiger partial charge in [0.15, 0.2) is 0 Å². The van der Waals surface area contributed by atoms with Crippen molar-refractivity contribution in [3.63, 3.8) is 0 Å². The molecule has 1 unspecified atom stereocenters. The Hall–Kier alpha value is -1.06. The minimum atomic E-state index is -0.953. The zero-order valence-electron chi connectivity index (χ0n) is 16.6. The molecule has 0 aliphatic carbocycles. The van der Waals surface area contributed by atoms with Crippen molar-refractivity contribution in [1.29, 1.82) is 0 Å². The van der Waals surface area contributed by atoms with Crippen LogP contribution in [0.1, 0.15) is 117 Å². The molecule has 0 aliphatic heterocycles. The Morgan fingerprint density at radius 1 is 0.760 bits per heavy atom. The van der Waals surface area contributed by atoms with Crippen LogP contribution in [-0.4, -0.2) is 23.1 Å². The van der Waals surface area contributed by atoms with Gasteiger partial charge in [-0.1, -0.05) is 84.5 Å². The topological polar surface area (TPSA) is 63.6 Å². The van der Waals surface area contributed by atoms with Crippen molar-refractivity contribution in [1.82, 2.24) is 0 Å². The molecule has 0 spiro atoms. The minimum Gasteiger partial charge on any atom is -0.481 e. The Balaban J connectivity index is 3.43. The van der Waals surface area contributed by atoms with Crippen LogP contribution in [0.3, 0.4) is 0 Å². The number of ether oxygens (including phenoxy) is 1. The molecule has 4 nitrogen and oxygen atoms in total. The zero-order chi connectivity index (χ0) is 18.8. The fraction of sp³-hybridized carbons (Fsp3) is 0.905. The molecule has 25 heavy (non-hydrogen) atoms. The summed E-state index contributed by atoms with van der Waals surface area (Å²) in [6.07, 6.45) is 17.3. The molecule has 0 saturated carbocycles. The van der Waals surface area contributed by atoms with Crippen LogP contribution in [0, 0.1) is 0 Å². The Labute approximate surface area is 154 Å². The largest absolute Gasteiger partial charge is 0.481 e. The molecule has 0 amide bonds. The number of carbonyl (C=O) groups is 2. The first-order valence-electron chi connectivity index (χ1n) is 10.5. The fourth-order valence-electron chi connectivity index (χ4n) is 3.01. The van der Waals surface area contributed by atoms with E-state index in [1.807, 2.05) is 6.92 Å². The smallest absolute Gasteiger partial charge is 0.306 e. The standard InChI is InChI=1S/C21H40O4/c1-3-5-6-7-8-9-10-11-12-13-14-15-16-19(4-2)25-21(24)18-17-20(22)23/h19H,3-18H2,1-2H3,(H,22,23). The second kappa shape index (κ2) is 17.8. The van der Waals surface area contributed by atoms with Crippen molar-refractivity contribution < 1.29 is 19.4 Å². The van der Waals surface area contributed by atoms with E-state index in [1.54, 1.807) is 0 Å². The van der Waals surface area contributed by atoms with Gasteiger partial charge < -0.3 is 9.84 Å². The quantitative estimate of drug-likeness (QED) is 0.232. The summed E-state index contributed by atoms with van der Waals surface area (Å²) in [6, 6.07) is 0. The van der Waals surface area contributed by atoms with Gasteiger partial charge in [0.25, 0.3) is 0 Å². The number of esters is 1. The summed E-state index contributed by atoms with van der Waals surface area (Å²) < 4.78 is 5.35. The molecule has 0 aromatic rings. The van der Waals surface area contributed by atoms with Crippen LogP contribution in [0.4, 0.5) is 0 Å². The molecule has 0 rings (SSSR count). The van der Waals surface area contributed by atoms with E-state index in [0.29, 0.717) is 0 Å². The molecule has 4 heteroatoms. The van der Waals surface area contributed by atoms with Gasteiger partial charge >= 0.3 is 11.9 Å². The van der Waals surface area contributed by atoms with Gasteiger partial charge in [0.1, 0.15) is 6.10 Å². The minimum absolute atomic E-state index is 0.0235. The normalized spacial score (nSPS) is 12.1. The zero-order valence-corrected chi connectivity index (χ0v) is 16.6. The summed E-state index contributed by atoms with van der Waals surface area (Å²) in [4.78, 5) is 22.0. The van der Waals surface area contributed by atoms with E-state index in [2.05, 4.69) is 6.92 Å². The lowest BCUT2D eigenvalue weighted by Crippen LogP contribution is -2.18. The van der Waals surface area contributed by atoms with Gasteiger partial charge in [0, 0.05) is 0 Å². The fourth-order valence-corrected chi connectivity index (χ4v) is 3.01. The molecule has 0 heterocycles. The van der Waals surface area contributed by atoms with Crippen molar-refractivity contribution >= 4 is 11.9 Å². The van der Waals surface area contributed by atoms with Gasteiger partial charge in [-0.3, -0.25) is 9.59 Å². The lowest BCUT2D eigenvalue weighted by molar-refractivity contribution is -0.152. The second-order valence-electron chi connectivity index (χ2n) is 7.09. The van der Waals surface area contributed by atoms with Crippen LogP contribution in [0.15, 0.2) is 0 Å². The molecule has 0 aromatic heterocycles. The molecule has 1 atom stereocenters. The highest BCUT2D eigenvalue weighted by molar-refractivity contribution is 5.76. The van der Waals surface area contributed by atoms with E-state index >= 15 is 0 Å². The van der Waals surface area contributed by atoms with Gasteiger partial charge in [-0.25, -0.2) is 0 Å². The van der Waals surface area contributed by atoms with Crippen molar-refractivity contribution in [2.45, 2.75) is 123 Å². The van der Waals surface area contributed by atoms with Crippen LogP contribution >= 0.6 is 0 Å². The first kappa shape index (κ1) is 23.9. The number of hydrogen-bond acceptors (Lipinski definition) is 3. The lowest BCUT2D eigenvalue weighted by atomic mass is 10.0. The molecular weight excluding hydrogens is 316 g/mol. The van der Waals surface area contributed by atoms with Crippen LogP contribution in [0.2, 0.25) is 0 Å². The highest BCUT2D eigenvalue weighted by Crippen LogP contribution is 2.15. The van der Waals surface area contributed by atoms with Crippen LogP contribution in [-0.2, 0) is 14.3 Å². The number of rotatable bonds is 18. The Bertz CT molecular complexity index is 328. The summed E-state index contributed by atoms with van der Waals surface area (Å²) in [7, 11) is 0. The molecule has 1 N–H and O–H groups in total. The Kier molecular flexibility index (Phi) is 17.0. The number of hydrogen-bond donors (Lipinski definition) is 1. The van der Waals surface area contributed by atoms with Crippen molar-refractivity contribution in [3.8, 4) is 0 Å². The highest BCUT2D eigenvalue weighted by atomic mass is 16.5. The number of carbonyl (C=O) groups excluding carboxylic acids is 1. The average Bonchev–Trinajstić information content (AvgIpc) is 2.59. The van der Waals surface area contributed by atoms with Crippen LogP contribution in [0.25, 0.3) is 0 Å². The van der Waals surface area contributed by atoms with Gasteiger partial charge in [-0.15, -0.1) is 0 Å². The summed E-state index contributed by atoms with van der Waals surface area (Å²) >= 11 is 0. The Morgan fingerprint density at radius 2 is 1.24 bits per heavy atom. The van der Waals surface area contributed by atoms with Gasteiger partial charge in [-0.2, -0.15) is 0 Å². The van der Waals surface area contributed by atoms with Crippen molar-refractivity contribution in [2.24, 2.45) is 0 Å². The van der Waals surface area contributed by atoms with Gasteiger partial charge in [0.2, 0.25) is 0 Å². The summed E-state index contributed by atoms with van der Waals surface area (Å²) in [5, 5.41) is 8.57. The third kappa shape index (κ3) is 17.6.